The van der Waals surface area contributed by atoms with E-state index in [1.807, 2.05) is 60.7 Å². The minimum absolute atomic E-state index is 0.561. The summed E-state index contributed by atoms with van der Waals surface area (Å²) >= 11 is 0. The fourth-order valence-corrected chi connectivity index (χ4v) is 7.63. The van der Waals surface area contributed by atoms with E-state index in [4.69, 9.17) is 23.8 Å². The highest BCUT2D eigenvalue weighted by atomic mass is 16.3. The minimum Gasteiger partial charge on any atom is -0.456 e. The molecule has 0 aliphatic rings. The Labute approximate surface area is 290 Å². The molecule has 0 N–H and O–H groups in total. The van der Waals surface area contributed by atoms with Gasteiger partial charge < -0.3 is 13.4 Å². The number of rotatable bonds is 4. The smallest absolute Gasteiger partial charge is 0.164 e. The van der Waals surface area contributed by atoms with Crippen LogP contribution in [0.25, 0.3) is 106 Å². The molecule has 0 fully saturated rings. The van der Waals surface area contributed by atoms with Gasteiger partial charge in [0, 0.05) is 54.7 Å². The van der Waals surface area contributed by atoms with E-state index in [9.17, 15) is 0 Å². The lowest BCUT2D eigenvalue weighted by Gasteiger charge is -2.11. The lowest BCUT2D eigenvalue weighted by atomic mass is 10.0. The zero-order valence-electron chi connectivity index (χ0n) is 27.1. The number of aromatic nitrogens is 4. The van der Waals surface area contributed by atoms with Crippen molar-refractivity contribution in [2.75, 3.05) is 0 Å². The van der Waals surface area contributed by atoms with E-state index >= 15 is 0 Å². The molecule has 0 aliphatic heterocycles. The summed E-state index contributed by atoms with van der Waals surface area (Å²) in [4.78, 5) is 15.7. The molecule has 4 heterocycles. The largest absolute Gasteiger partial charge is 0.456 e. The van der Waals surface area contributed by atoms with E-state index in [1.54, 1.807) is 0 Å². The van der Waals surface area contributed by atoms with E-state index in [0.29, 0.717) is 17.5 Å². The average Bonchev–Trinajstić information content (AvgIpc) is 3.87. The van der Waals surface area contributed by atoms with Crippen molar-refractivity contribution in [1.29, 1.82) is 0 Å². The summed E-state index contributed by atoms with van der Waals surface area (Å²) in [6.07, 6.45) is 0. The maximum absolute atomic E-state index is 6.30. The fraction of sp³-hybridized carbons (Fsp3) is 0. The number of para-hydroxylation sites is 4. The molecular weight excluding hydrogens is 629 g/mol. The first kappa shape index (κ1) is 27.9. The molecule has 0 unspecified atom stereocenters. The molecule has 11 aromatic rings. The predicted molar refractivity (Wildman–Crippen MR) is 205 cm³/mol. The van der Waals surface area contributed by atoms with Gasteiger partial charge >= 0.3 is 0 Å². The van der Waals surface area contributed by atoms with Gasteiger partial charge in [0.2, 0.25) is 0 Å². The number of furan rings is 2. The number of nitrogens with zero attached hydrogens (tertiary/aromatic N) is 4. The van der Waals surface area contributed by atoms with Crippen LogP contribution in [0.4, 0.5) is 0 Å². The topological polar surface area (TPSA) is 69.9 Å². The maximum Gasteiger partial charge on any atom is 0.164 e. The number of hydrogen-bond donors (Lipinski definition) is 0. The zero-order chi connectivity index (χ0) is 33.5. The fourth-order valence-electron chi connectivity index (χ4n) is 7.63. The Morgan fingerprint density at radius 1 is 0.373 bits per heavy atom. The molecule has 0 spiro atoms. The van der Waals surface area contributed by atoms with E-state index in [-0.39, 0.29) is 0 Å². The van der Waals surface area contributed by atoms with Gasteiger partial charge in [0.1, 0.15) is 22.3 Å². The van der Waals surface area contributed by atoms with Crippen LogP contribution >= 0.6 is 0 Å². The van der Waals surface area contributed by atoms with Crippen molar-refractivity contribution in [3.05, 3.63) is 158 Å². The molecule has 0 aliphatic carbocycles. The quantitative estimate of drug-likeness (QED) is 0.189. The minimum atomic E-state index is 0.561. The molecule has 51 heavy (non-hydrogen) atoms. The van der Waals surface area contributed by atoms with Crippen LogP contribution in [0.5, 0.6) is 0 Å². The Morgan fingerprint density at radius 2 is 0.941 bits per heavy atom. The van der Waals surface area contributed by atoms with Gasteiger partial charge in [-0.2, -0.15) is 0 Å². The highest BCUT2D eigenvalue weighted by molar-refractivity contribution is 6.16. The Kier molecular flexibility index (Phi) is 5.86. The van der Waals surface area contributed by atoms with Crippen LogP contribution in [0, 0.1) is 0 Å². The van der Waals surface area contributed by atoms with E-state index in [1.165, 1.54) is 0 Å². The molecular formula is C45H26N4O2. The van der Waals surface area contributed by atoms with Crippen molar-refractivity contribution < 1.29 is 8.83 Å². The third kappa shape index (κ3) is 4.20. The standard InChI is InChI=1S/C45H26N4O2/c1-2-12-28(13-3-1)49-35-19-7-4-15-31(35)41-33(17-10-20-36(41)49)44-46-43(27-24-25-30-29-14-5-8-21-37(29)51-40(30)26-27)47-45(48-44)34-18-11-23-39-42(34)32-16-6-9-22-38(32)50-39/h1-26H. The monoisotopic (exact) mass is 654 g/mol. The number of fused-ring (bicyclic) bond motifs is 9. The summed E-state index contributed by atoms with van der Waals surface area (Å²) in [5, 5.41) is 6.33. The molecule has 0 radical (unpaired) electrons. The molecule has 7 aromatic carbocycles. The maximum atomic E-state index is 6.30. The van der Waals surface area contributed by atoms with Crippen LogP contribution in [-0.2, 0) is 0 Å². The summed E-state index contributed by atoms with van der Waals surface area (Å²) in [7, 11) is 0. The molecule has 6 nitrogen and oxygen atoms in total. The van der Waals surface area contributed by atoms with Crippen LogP contribution in [0.15, 0.2) is 167 Å². The summed E-state index contributed by atoms with van der Waals surface area (Å²) in [5.74, 6) is 1.72. The van der Waals surface area contributed by atoms with Crippen LogP contribution in [0.2, 0.25) is 0 Å². The predicted octanol–water partition coefficient (Wildman–Crippen LogP) is 11.8. The van der Waals surface area contributed by atoms with Gasteiger partial charge in [0.25, 0.3) is 0 Å². The summed E-state index contributed by atoms with van der Waals surface area (Å²) in [6.45, 7) is 0. The molecule has 6 heteroatoms. The Morgan fingerprint density at radius 3 is 1.76 bits per heavy atom. The summed E-state index contributed by atoms with van der Waals surface area (Å²) < 4.78 is 14.9. The second kappa shape index (κ2) is 10.7. The molecule has 0 bridgehead atoms. The molecule has 0 saturated heterocycles. The highest BCUT2D eigenvalue weighted by Gasteiger charge is 2.21. The van der Waals surface area contributed by atoms with E-state index in [2.05, 4.69) is 102 Å². The van der Waals surface area contributed by atoms with Gasteiger partial charge in [-0.3, -0.25) is 0 Å². The summed E-state index contributed by atoms with van der Waals surface area (Å²) in [6, 6.07) is 53.8. The second-order valence-electron chi connectivity index (χ2n) is 12.8. The van der Waals surface area contributed by atoms with Crippen LogP contribution in [-0.4, -0.2) is 19.5 Å². The Balaban J connectivity index is 1.21. The van der Waals surface area contributed by atoms with Crippen molar-refractivity contribution >= 4 is 65.7 Å². The van der Waals surface area contributed by atoms with Crippen molar-refractivity contribution in [1.82, 2.24) is 19.5 Å². The van der Waals surface area contributed by atoms with Crippen molar-refractivity contribution in [2.45, 2.75) is 0 Å². The molecule has 0 amide bonds. The van der Waals surface area contributed by atoms with E-state index < -0.39 is 0 Å². The molecule has 4 aromatic heterocycles. The third-order valence-corrected chi connectivity index (χ3v) is 9.87. The number of benzene rings is 7. The van der Waals surface area contributed by atoms with Gasteiger partial charge in [-0.05, 0) is 54.6 Å². The first-order valence-corrected chi connectivity index (χ1v) is 16.9. The highest BCUT2D eigenvalue weighted by Crippen LogP contribution is 2.40. The first-order chi connectivity index (χ1) is 25.3. The first-order valence-electron chi connectivity index (χ1n) is 16.9. The van der Waals surface area contributed by atoms with Crippen molar-refractivity contribution in [3.63, 3.8) is 0 Å². The van der Waals surface area contributed by atoms with Gasteiger partial charge in [-0.25, -0.2) is 15.0 Å². The molecule has 0 atom stereocenters. The van der Waals surface area contributed by atoms with Crippen LogP contribution < -0.4 is 0 Å². The lowest BCUT2D eigenvalue weighted by molar-refractivity contribution is 0.668. The van der Waals surface area contributed by atoms with Crippen LogP contribution in [0.3, 0.4) is 0 Å². The van der Waals surface area contributed by atoms with Crippen molar-refractivity contribution in [3.8, 4) is 39.9 Å². The SMILES string of the molecule is c1ccc(-n2c3ccccc3c3c(-c4nc(-c5ccc6c(c5)oc5ccccc56)nc(-c5cccc6oc7ccccc7c56)n4)cccc32)cc1. The van der Waals surface area contributed by atoms with Gasteiger partial charge in [-0.1, -0.05) is 103 Å². The van der Waals surface area contributed by atoms with Gasteiger partial charge in [0.05, 0.1) is 11.0 Å². The zero-order valence-corrected chi connectivity index (χ0v) is 27.1. The molecule has 0 saturated carbocycles. The number of hydrogen-bond acceptors (Lipinski definition) is 5. The van der Waals surface area contributed by atoms with Gasteiger partial charge in [0.15, 0.2) is 17.5 Å². The molecule has 11 rings (SSSR count). The lowest BCUT2D eigenvalue weighted by Crippen LogP contribution is -2.01. The second-order valence-corrected chi connectivity index (χ2v) is 12.8. The van der Waals surface area contributed by atoms with Crippen molar-refractivity contribution in [2.24, 2.45) is 0 Å². The Hall–Kier alpha value is -7.05. The van der Waals surface area contributed by atoms with Crippen LogP contribution in [0.1, 0.15) is 0 Å². The summed E-state index contributed by atoms with van der Waals surface area (Å²) in [5.41, 5.74) is 9.18. The normalized spacial score (nSPS) is 11.9. The van der Waals surface area contributed by atoms with E-state index in [0.717, 1.165) is 88.1 Å². The van der Waals surface area contributed by atoms with Gasteiger partial charge in [-0.15, -0.1) is 0 Å². The average molecular weight is 655 g/mol. The Bertz CT molecular complexity index is 3150. The third-order valence-electron chi connectivity index (χ3n) is 9.87. The molecule has 238 valence electrons.